The standard InChI is InChI=1S/C9H14N6O3/c10-14-9-12-4-7(15(17)18)8(13-9)11-3-5-1-6(16)2-5/h4-6,16H,1-3,10H2,(H2,11,12,13,14). The fourth-order valence-electron chi connectivity index (χ4n) is 1.82. The smallest absolute Gasteiger partial charge is 0.329 e. The number of nitrogens with zero attached hydrogens (tertiary/aromatic N) is 3. The van der Waals surface area contributed by atoms with Gasteiger partial charge in [-0.05, 0) is 18.8 Å². The van der Waals surface area contributed by atoms with Crippen molar-refractivity contribution in [1.29, 1.82) is 0 Å². The maximum Gasteiger partial charge on any atom is 0.329 e. The predicted molar refractivity (Wildman–Crippen MR) is 63.7 cm³/mol. The molecule has 98 valence electrons. The Bertz CT molecular complexity index is 448. The van der Waals surface area contributed by atoms with E-state index in [9.17, 15) is 10.1 Å². The van der Waals surface area contributed by atoms with Gasteiger partial charge in [0.2, 0.25) is 11.8 Å². The molecule has 0 spiro atoms. The summed E-state index contributed by atoms with van der Waals surface area (Å²) in [4.78, 5) is 17.8. The van der Waals surface area contributed by atoms with Crippen molar-refractivity contribution in [2.45, 2.75) is 18.9 Å². The Morgan fingerprint density at radius 2 is 2.33 bits per heavy atom. The molecule has 1 heterocycles. The minimum Gasteiger partial charge on any atom is -0.393 e. The Morgan fingerprint density at radius 1 is 1.61 bits per heavy atom. The quantitative estimate of drug-likeness (QED) is 0.323. The van der Waals surface area contributed by atoms with Crippen LogP contribution >= 0.6 is 0 Å². The molecule has 0 atom stereocenters. The number of hydrogen-bond donors (Lipinski definition) is 4. The van der Waals surface area contributed by atoms with Crippen LogP contribution in [0.1, 0.15) is 12.8 Å². The highest BCUT2D eigenvalue weighted by Crippen LogP contribution is 2.28. The van der Waals surface area contributed by atoms with Gasteiger partial charge >= 0.3 is 5.69 Å². The van der Waals surface area contributed by atoms with E-state index in [0.29, 0.717) is 25.3 Å². The van der Waals surface area contributed by atoms with E-state index in [1.165, 1.54) is 0 Å². The van der Waals surface area contributed by atoms with Gasteiger partial charge in [-0.3, -0.25) is 15.5 Å². The third kappa shape index (κ3) is 2.63. The van der Waals surface area contributed by atoms with Gasteiger partial charge in [0, 0.05) is 6.54 Å². The summed E-state index contributed by atoms with van der Waals surface area (Å²) < 4.78 is 0. The Labute approximate surface area is 103 Å². The first-order chi connectivity index (χ1) is 8.60. The van der Waals surface area contributed by atoms with Crippen LogP contribution in [0.15, 0.2) is 6.20 Å². The lowest BCUT2D eigenvalue weighted by molar-refractivity contribution is -0.384. The summed E-state index contributed by atoms with van der Waals surface area (Å²) in [5.41, 5.74) is 2.03. The summed E-state index contributed by atoms with van der Waals surface area (Å²) in [7, 11) is 0. The van der Waals surface area contributed by atoms with Gasteiger partial charge in [-0.25, -0.2) is 10.8 Å². The zero-order chi connectivity index (χ0) is 13.1. The summed E-state index contributed by atoms with van der Waals surface area (Å²) in [5, 5.41) is 22.8. The topological polar surface area (TPSA) is 139 Å². The number of hydrogen-bond acceptors (Lipinski definition) is 8. The first kappa shape index (κ1) is 12.5. The number of nitro groups is 1. The normalized spacial score (nSPS) is 22.1. The molecule has 1 aromatic heterocycles. The first-order valence-electron chi connectivity index (χ1n) is 5.50. The SMILES string of the molecule is NNc1ncc([N+](=O)[O-])c(NCC2CC(O)C2)n1. The first-order valence-corrected chi connectivity index (χ1v) is 5.50. The van der Waals surface area contributed by atoms with Crippen molar-refractivity contribution in [2.24, 2.45) is 11.8 Å². The van der Waals surface area contributed by atoms with Crippen LogP contribution in [0.2, 0.25) is 0 Å². The van der Waals surface area contributed by atoms with Gasteiger partial charge in [-0.15, -0.1) is 0 Å². The second kappa shape index (κ2) is 5.10. The van der Waals surface area contributed by atoms with E-state index in [4.69, 9.17) is 10.9 Å². The Hall–Kier alpha value is -2.00. The van der Waals surface area contributed by atoms with Crippen LogP contribution in [0.3, 0.4) is 0 Å². The molecule has 0 radical (unpaired) electrons. The van der Waals surface area contributed by atoms with Gasteiger partial charge in [0.15, 0.2) is 0 Å². The third-order valence-corrected chi connectivity index (χ3v) is 2.86. The van der Waals surface area contributed by atoms with Gasteiger partial charge in [0.05, 0.1) is 11.0 Å². The zero-order valence-electron chi connectivity index (χ0n) is 9.54. The maximum absolute atomic E-state index is 10.8. The lowest BCUT2D eigenvalue weighted by atomic mass is 9.82. The van der Waals surface area contributed by atoms with Crippen molar-refractivity contribution in [3.05, 3.63) is 16.3 Å². The second-order valence-corrected chi connectivity index (χ2v) is 4.20. The summed E-state index contributed by atoms with van der Waals surface area (Å²) >= 11 is 0. The molecule has 18 heavy (non-hydrogen) atoms. The summed E-state index contributed by atoms with van der Waals surface area (Å²) in [5.74, 6) is 5.70. The number of nitrogens with one attached hydrogen (secondary N) is 2. The fraction of sp³-hybridized carbons (Fsp3) is 0.556. The number of anilines is 2. The van der Waals surface area contributed by atoms with Crippen LogP contribution < -0.4 is 16.6 Å². The van der Waals surface area contributed by atoms with E-state index in [2.05, 4.69) is 20.7 Å². The average Bonchev–Trinajstić information content (AvgIpc) is 2.32. The van der Waals surface area contributed by atoms with Crippen LogP contribution in [0.4, 0.5) is 17.5 Å². The molecule has 0 aliphatic heterocycles. The largest absolute Gasteiger partial charge is 0.393 e. The van der Waals surface area contributed by atoms with Crippen molar-refractivity contribution in [1.82, 2.24) is 9.97 Å². The molecule has 0 amide bonds. The van der Waals surface area contributed by atoms with E-state index in [0.717, 1.165) is 6.20 Å². The summed E-state index contributed by atoms with van der Waals surface area (Å²) in [6.45, 7) is 0.527. The number of aliphatic hydroxyl groups is 1. The number of aliphatic hydroxyl groups excluding tert-OH is 1. The molecule has 1 saturated carbocycles. The number of nitrogen functional groups attached to an aromatic ring is 1. The highest BCUT2D eigenvalue weighted by Gasteiger charge is 2.27. The molecule has 0 saturated heterocycles. The molecule has 1 aromatic rings. The van der Waals surface area contributed by atoms with Crippen LogP contribution in [-0.2, 0) is 0 Å². The van der Waals surface area contributed by atoms with Gasteiger partial charge in [0.1, 0.15) is 6.20 Å². The van der Waals surface area contributed by atoms with Gasteiger partial charge < -0.3 is 10.4 Å². The molecule has 9 nitrogen and oxygen atoms in total. The Balaban J connectivity index is 2.06. The number of hydrazine groups is 1. The van der Waals surface area contributed by atoms with Crippen LogP contribution in [-0.4, -0.2) is 32.6 Å². The van der Waals surface area contributed by atoms with Crippen LogP contribution in [0.25, 0.3) is 0 Å². The van der Waals surface area contributed by atoms with Crippen molar-refractivity contribution >= 4 is 17.5 Å². The number of rotatable bonds is 5. The van der Waals surface area contributed by atoms with Crippen molar-refractivity contribution < 1.29 is 10.0 Å². The van der Waals surface area contributed by atoms with Gasteiger partial charge in [-0.2, -0.15) is 4.98 Å². The lowest BCUT2D eigenvalue weighted by Crippen LogP contribution is -2.33. The molecule has 5 N–H and O–H groups in total. The molecule has 0 unspecified atom stereocenters. The molecule has 2 rings (SSSR count). The molecule has 0 bridgehead atoms. The van der Waals surface area contributed by atoms with Crippen molar-refractivity contribution in [2.75, 3.05) is 17.3 Å². The molecular weight excluding hydrogens is 240 g/mol. The van der Waals surface area contributed by atoms with E-state index < -0.39 is 4.92 Å². The molecular formula is C9H14N6O3. The molecule has 1 aliphatic rings. The van der Waals surface area contributed by atoms with E-state index >= 15 is 0 Å². The minimum atomic E-state index is -0.557. The van der Waals surface area contributed by atoms with Gasteiger partial charge in [-0.1, -0.05) is 0 Å². The maximum atomic E-state index is 10.8. The molecule has 1 fully saturated rings. The highest BCUT2D eigenvalue weighted by molar-refractivity contribution is 5.56. The summed E-state index contributed by atoms with van der Waals surface area (Å²) in [6, 6.07) is 0. The zero-order valence-corrected chi connectivity index (χ0v) is 9.54. The lowest BCUT2D eigenvalue weighted by Gasteiger charge is -2.31. The predicted octanol–water partition coefficient (Wildman–Crippen LogP) is -0.147. The van der Waals surface area contributed by atoms with E-state index in [-0.39, 0.29) is 23.6 Å². The Kier molecular flexibility index (Phi) is 3.53. The fourth-order valence-corrected chi connectivity index (χ4v) is 1.82. The monoisotopic (exact) mass is 254 g/mol. The second-order valence-electron chi connectivity index (χ2n) is 4.20. The summed E-state index contributed by atoms with van der Waals surface area (Å²) in [6.07, 6.45) is 2.25. The minimum absolute atomic E-state index is 0.108. The van der Waals surface area contributed by atoms with Gasteiger partial charge in [0.25, 0.3) is 0 Å². The van der Waals surface area contributed by atoms with Crippen molar-refractivity contribution in [3.63, 3.8) is 0 Å². The van der Waals surface area contributed by atoms with E-state index in [1.807, 2.05) is 0 Å². The Morgan fingerprint density at radius 3 is 2.89 bits per heavy atom. The molecule has 0 aromatic carbocycles. The van der Waals surface area contributed by atoms with Crippen molar-refractivity contribution in [3.8, 4) is 0 Å². The highest BCUT2D eigenvalue weighted by atomic mass is 16.6. The number of aromatic nitrogens is 2. The van der Waals surface area contributed by atoms with E-state index in [1.54, 1.807) is 0 Å². The molecule has 1 aliphatic carbocycles. The average molecular weight is 254 g/mol. The third-order valence-electron chi connectivity index (χ3n) is 2.86. The molecule has 9 heteroatoms. The van der Waals surface area contributed by atoms with Crippen LogP contribution in [0.5, 0.6) is 0 Å². The van der Waals surface area contributed by atoms with Crippen LogP contribution in [0, 0.1) is 16.0 Å². The number of nitrogens with two attached hydrogens (primary N) is 1.